The lowest BCUT2D eigenvalue weighted by molar-refractivity contribution is 0.305. The van der Waals surface area contributed by atoms with Gasteiger partial charge in [0.25, 0.3) is 0 Å². The molecule has 1 N–H and O–H groups in total. The first-order valence-electron chi connectivity index (χ1n) is 10.00. The highest BCUT2D eigenvalue weighted by molar-refractivity contribution is 5.48. The molecule has 3 heteroatoms. The number of rotatable bonds is 13. The summed E-state index contributed by atoms with van der Waals surface area (Å²) in [5, 5.41) is 3.47. The van der Waals surface area contributed by atoms with Crippen LogP contribution in [-0.4, -0.2) is 13.2 Å². The molecule has 142 valence electrons. The lowest BCUT2D eigenvalue weighted by Gasteiger charge is -2.11. The van der Waals surface area contributed by atoms with Crippen molar-refractivity contribution in [3.63, 3.8) is 0 Å². The Kier molecular flexibility index (Phi) is 9.48. The lowest BCUT2D eigenvalue weighted by Crippen LogP contribution is -2.02. The minimum absolute atomic E-state index is 0.769. The van der Waals surface area contributed by atoms with Crippen molar-refractivity contribution in [2.45, 2.75) is 58.9 Å². The largest absolute Gasteiger partial charge is 0.494 e. The minimum Gasteiger partial charge on any atom is -0.494 e. The van der Waals surface area contributed by atoms with E-state index in [1.165, 1.54) is 24.8 Å². The number of nitrogens with one attached hydrogen (secondary N) is 1. The highest BCUT2D eigenvalue weighted by Crippen LogP contribution is 2.20. The number of benzene rings is 2. The average molecular weight is 356 g/mol. The van der Waals surface area contributed by atoms with Crippen LogP contribution in [0.2, 0.25) is 0 Å². The predicted molar refractivity (Wildman–Crippen MR) is 110 cm³/mol. The summed E-state index contributed by atoms with van der Waals surface area (Å²) in [5.41, 5.74) is 2.29. The molecule has 0 saturated carbocycles. The summed E-state index contributed by atoms with van der Waals surface area (Å²) >= 11 is 0. The molecule has 0 heterocycles. The zero-order valence-corrected chi connectivity index (χ0v) is 16.3. The highest BCUT2D eigenvalue weighted by Gasteiger charge is 2.00. The molecule has 2 aromatic carbocycles. The molecule has 0 aliphatic heterocycles. The first-order chi connectivity index (χ1) is 12.8. The van der Waals surface area contributed by atoms with Gasteiger partial charge in [-0.2, -0.15) is 0 Å². The normalized spacial score (nSPS) is 10.5. The van der Waals surface area contributed by atoms with Gasteiger partial charge in [0.1, 0.15) is 11.5 Å². The van der Waals surface area contributed by atoms with Gasteiger partial charge in [0.05, 0.1) is 13.2 Å². The Balaban J connectivity index is 1.80. The van der Waals surface area contributed by atoms with Crippen molar-refractivity contribution >= 4 is 5.69 Å². The van der Waals surface area contributed by atoms with Crippen LogP contribution in [0.25, 0.3) is 0 Å². The molecule has 3 nitrogen and oxygen atoms in total. The number of ether oxygens (including phenoxy) is 2. The van der Waals surface area contributed by atoms with E-state index in [2.05, 4.69) is 43.4 Å². The van der Waals surface area contributed by atoms with Gasteiger partial charge in [-0.25, -0.2) is 0 Å². The third kappa shape index (κ3) is 7.81. The van der Waals surface area contributed by atoms with Gasteiger partial charge in [0, 0.05) is 18.3 Å². The van der Waals surface area contributed by atoms with Crippen LogP contribution in [0.15, 0.2) is 48.5 Å². The maximum Gasteiger partial charge on any atom is 0.121 e. The van der Waals surface area contributed by atoms with Gasteiger partial charge in [0.2, 0.25) is 0 Å². The maximum absolute atomic E-state index is 5.86. The molecule has 26 heavy (non-hydrogen) atoms. The molecule has 0 aliphatic carbocycles. The first-order valence-corrected chi connectivity index (χ1v) is 10.00. The summed E-state index contributed by atoms with van der Waals surface area (Å²) in [6.45, 7) is 6.74. The smallest absolute Gasteiger partial charge is 0.121 e. The molecule has 0 saturated heterocycles. The molecule has 0 unspecified atom stereocenters. The van der Waals surface area contributed by atoms with Crippen LogP contribution < -0.4 is 14.8 Å². The van der Waals surface area contributed by atoms with Crippen molar-refractivity contribution in [2.24, 2.45) is 0 Å². The minimum atomic E-state index is 0.769. The van der Waals surface area contributed by atoms with Gasteiger partial charge in [-0.05, 0) is 42.7 Å². The third-order valence-electron chi connectivity index (χ3n) is 4.26. The second-order valence-electron chi connectivity index (χ2n) is 6.64. The molecule has 2 aromatic rings. The molecule has 0 atom stereocenters. The van der Waals surface area contributed by atoms with E-state index in [-0.39, 0.29) is 0 Å². The molecular weight excluding hydrogens is 322 g/mol. The number of hydrogen-bond acceptors (Lipinski definition) is 3. The van der Waals surface area contributed by atoms with Gasteiger partial charge < -0.3 is 14.8 Å². The lowest BCUT2D eigenvalue weighted by atomic mass is 10.2. The predicted octanol–water partition coefficient (Wildman–Crippen LogP) is 6.44. The molecule has 0 amide bonds. The molecule has 0 spiro atoms. The average Bonchev–Trinajstić information content (AvgIpc) is 2.67. The monoisotopic (exact) mass is 355 g/mol. The first kappa shape index (κ1) is 20.2. The standard InChI is InChI=1S/C23H33NO2/c1-3-5-7-8-16-26-23-14-10-12-21(18-23)24-19-20-11-9-13-22(17-20)25-15-6-4-2/h9-14,17-18,24H,3-8,15-16,19H2,1-2H3. The molecule has 0 aromatic heterocycles. The number of anilines is 1. The van der Waals surface area contributed by atoms with Crippen LogP contribution in [0.4, 0.5) is 5.69 Å². The number of hydrogen-bond donors (Lipinski definition) is 1. The summed E-state index contributed by atoms with van der Waals surface area (Å²) in [5.74, 6) is 1.88. The van der Waals surface area contributed by atoms with Crippen molar-refractivity contribution in [1.29, 1.82) is 0 Å². The fourth-order valence-corrected chi connectivity index (χ4v) is 2.70. The van der Waals surface area contributed by atoms with E-state index in [1.807, 2.05) is 24.3 Å². The second kappa shape index (κ2) is 12.2. The van der Waals surface area contributed by atoms with E-state index >= 15 is 0 Å². The van der Waals surface area contributed by atoms with Crippen LogP contribution in [0.5, 0.6) is 11.5 Å². The molecule has 0 fully saturated rings. The Morgan fingerprint density at radius 2 is 1.42 bits per heavy atom. The van der Waals surface area contributed by atoms with Crippen molar-refractivity contribution in [2.75, 3.05) is 18.5 Å². The van der Waals surface area contributed by atoms with Gasteiger partial charge >= 0.3 is 0 Å². The van der Waals surface area contributed by atoms with Crippen molar-refractivity contribution in [1.82, 2.24) is 0 Å². The quantitative estimate of drug-likeness (QED) is 0.420. The van der Waals surface area contributed by atoms with Crippen LogP contribution in [0, 0.1) is 0 Å². The molecule has 0 radical (unpaired) electrons. The summed E-state index contributed by atoms with van der Waals surface area (Å²) in [6, 6.07) is 16.5. The Labute approximate surface area is 158 Å². The third-order valence-corrected chi connectivity index (χ3v) is 4.26. The fraction of sp³-hybridized carbons (Fsp3) is 0.478. The van der Waals surface area contributed by atoms with E-state index in [4.69, 9.17) is 9.47 Å². The van der Waals surface area contributed by atoms with E-state index in [1.54, 1.807) is 0 Å². The molecule has 0 aliphatic rings. The van der Waals surface area contributed by atoms with Gasteiger partial charge in [-0.15, -0.1) is 0 Å². The molecular formula is C23H33NO2. The van der Waals surface area contributed by atoms with E-state index in [0.29, 0.717) is 0 Å². The van der Waals surface area contributed by atoms with E-state index in [0.717, 1.165) is 56.2 Å². The Hall–Kier alpha value is -2.16. The fourth-order valence-electron chi connectivity index (χ4n) is 2.70. The molecule has 2 rings (SSSR count). The molecule has 0 bridgehead atoms. The summed E-state index contributed by atoms with van der Waals surface area (Å²) in [6.07, 6.45) is 7.14. The van der Waals surface area contributed by atoms with Crippen molar-refractivity contribution in [3.05, 3.63) is 54.1 Å². The summed E-state index contributed by atoms with van der Waals surface area (Å²) in [4.78, 5) is 0. The van der Waals surface area contributed by atoms with Crippen LogP contribution in [-0.2, 0) is 6.54 Å². The zero-order valence-electron chi connectivity index (χ0n) is 16.3. The van der Waals surface area contributed by atoms with Gasteiger partial charge in [-0.1, -0.05) is 57.7 Å². The SMILES string of the molecule is CCCCCCOc1cccc(NCc2cccc(OCCCC)c2)c1. The summed E-state index contributed by atoms with van der Waals surface area (Å²) < 4.78 is 11.6. The van der Waals surface area contributed by atoms with Crippen LogP contribution in [0.3, 0.4) is 0 Å². The van der Waals surface area contributed by atoms with Gasteiger partial charge in [0.15, 0.2) is 0 Å². The van der Waals surface area contributed by atoms with Crippen molar-refractivity contribution in [3.8, 4) is 11.5 Å². The van der Waals surface area contributed by atoms with E-state index in [9.17, 15) is 0 Å². The van der Waals surface area contributed by atoms with Crippen molar-refractivity contribution < 1.29 is 9.47 Å². The maximum atomic E-state index is 5.86. The highest BCUT2D eigenvalue weighted by atomic mass is 16.5. The van der Waals surface area contributed by atoms with Crippen LogP contribution >= 0.6 is 0 Å². The Morgan fingerprint density at radius 1 is 0.731 bits per heavy atom. The Morgan fingerprint density at radius 3 is 2.19 bits per heavy atom. The van der Waals surface area contributed by atoms with Crippen LogP contribution in [0.1, 0.15) is 57.9 Å². The topological polar surface area (TPSA) is 30.5 Å². The van der Waals surface area contributed by atoms with E-state index < -0.39 is 0 Å². The summed E-state index contributed by atoms with van der Waals surface area (Å²) in [7, 11) is 0. The second-order valence-corrected chi connectivity index (χ2v) is 6.64. The number of unbranched alkanes of at least 4 members (excludes halogenated alkanes) is 4. The Bertz CT molecular complexity index is 627. The zero-order chi connectivity index (χ0) is 18.5. The van der Waals surface area contributed by atoms with Gasteiger partial charge in [-0.3, -0.25) is 0 Å².